The topological polar surface area (TPSA) is 105 Å². The van der Waals surface area contributed by atoms with Crippen LogP contribution in [0, 0.1) is 11.3 Å². The lowest BCUT2D eigenvalue weighted by Gasteiger charge is -2.21. The SMILES string of the molecule is N#Cc1ccc(C2=C(F)CCc3ccc(C(=O)NC(N)N)cc32)cc1. The molecule has 0 saturated carbocycles. The molecule has 1 amide bonds. The van der Waals surface area contributed by atoms with E-state index in [0.29, 0.717) is 40.7 Å². The highest BCUT2D eigenvalue weighted by Crippen LogP contribution is 2.37. The predicted molar refractivity (Wildman–Crippen MR) is 92.7 cm³/mol. The summed E-state index contributed by atoms with van der Waals surface area (Å²) in [6, 6.07) is 13.9. The summed E-state index contributed by atoms with van der Waals surface area (Å²) in [6.07, 6.45) is -0.0883. The van der Waals surface area contributed by atoms with Gasteiger partial charge < -0.3 is 5.32 Å². The Morgan fingerprint density at radius 1 is 1.16 bits per heavy atom. The molecule has 2 aromatic rings. The minimum atomic E-state index is -0.964. The highest BCUT2D eigenvalue weighted by molar-refractivity contribution is 5.96. The van der Waals surface area contributed by atoms with Crippen LogP contribution in [-0.4, -0.2) is 12.2 Å². The van der Waals surface area contributed by atoms with E-state index in [1.807, 2.05) is 12.1 Å². The van der Waals surface area contributed by atoms with Crippen LogP contribution in [0.5, 0.6) is 0 Å². The predicted octanol–water partition coefficient (Wildman–Crippen LogP) is 2.16. The molecular formula is C19H17FN4O. The molecule has 0 atom stereocenters. The van der Waals surface area contributed by atoms with E-state index in [2.05, 4.69) is 5.32 Å². The molecule has 0 bridgehead atoms. The molecule has 0 heterocycles. The summed E-state index contributed by atoms with van der Waals surface area (Å²) >= 11 is 0. The zero-order valence-electron chi connectivity index (χ0n) is 13.4. The molecule has 2 aromatic carbocycles. The van der Waals surface area contributed by atoms with E-state index in [4.69, 9.17) is 16.7 Å². The fourth-order valence-corrected chi connectivity index (χ4v) is 2.94. The van der Waals surface area contributed by atoms with Gasteiger partial charge in [0.25, 0.3) is 5.91 Å². The van der Waals surface area contributed by atoms with Crippen LogP contribution in [0.3, 0.4) is 0 Å². The Morgan fingerprint density at radius 3 is 2.52 bits per heavy atom. The highest BCUT2D eigenvalue weighted by Gasteiger charge is 2.22. The number of fused-ring (bicyclic) bond motifs is 1. The first-order valence-electron chi connectivity index (χ1n) is 7.84. The van der Waals surface area contributed by atoms with Gasteiger partial charge in [-0.15, -0.1) is 0 Å². The largest absolute Gasteiger partial charge is 0.324 e. The van der Waals surface area contributed by atoms with Gasteiger partial charge in [-0.25, -0.2) is 4.39 Å². The monoisotopic (exact) mass is 336 g/mol. The summed E-state index contributed by atoms with van der Waals surface area (Å²) in [7, 11) is 0. The van der Waals surface area contributed by atoms with Gasteiger partial charge in [-0.3, -0.25) is 16.3 Å². The van der Waals surface area contributed by atoms with Crippen LogP contribution in [0.15, 0.2) is 48.3 Å². The van der Waals surface area contributed by atoms with Crippen molar-refractivity contribution in [1.82, 2.24) is 5.32 Å². The quantitative estimate of drug-likeness (QED) is 0.747. The lowest BCUT2D eigenvalue weighted by molar-refractivity contribution is 0.0939. The number of nitriles is 1. The van der Waals surface area contributed by atoms with Gasteiger partial charge in [0, 0.05) is 17.6 Å². The molecular weight excluding hydrogens is 319 g/mol. The highest BCUT2D eigenvalue weighted by atomic mass is 19.1. The van der Waals surface area contributed by atoms with Gasteiger partial charge in [0.15, 0.2) is 0 Å². The first-order valence-corrected chi connectivity index (χ1v) is 7.84. The Balaban J connectivity index is 2.06. The first-order chi connectivity index (χ1) is 12.0. The number of benzene rings is 2. The Morgan fingerprint density at radius 2 is 1.88 bits per heavy atom. The number of nitrogens with two attached hydrogens (primary N) is 2. The van der Waals surface area contributed by atoms with Crippen LogP contribution in [0.25, 0.3) is 5.57 Å². The van der Waals surface area contributed by atoms with E-state index in [1.54, 1.807) is 36.4 Å². The fourth-order valence-electron chi connectivity index (χ4n) is 2.94. The van der Waals surface area contributed by atoms with Gasteiger partial charge in [0.05, 0.1) is 11.6 Å². The molecule has 0 spiro atoms. The van der Waals surface area contributed by atoms with Gasteiger partial charge in [-0.2, -0.15) is 5.26 Å². The molecule has 0 fully saturated rings. The van der Waals surface area contributed by atoms with E-state index in [9.17, 15) is 9.18 Å². The van der Waals surface area contributed by atoms with Crippen molar-refractivity contribution in [3.8, 4) is 6.07 Å². The Labute approximate surface area is 144 Å². The summed E-state index contributed by atoms with van der Waals surface area (Å²) in [4.78, 5) is 12.1. The van der Waals surface area contributed by atoms with E-state index < -0.39 is 12.2 Å². The molecule has 5 N–H and O–H groups in total. The number of hydrogen-bond acceptors (Lipinski definition) is 4. The molecule has 0 aliphatic heterocycles. The van der Waals surface area contributed by atoms with Crippen molar-refractivity contribution in [2.45, 2.75) is 19.1 Å². The fraction of sp³-hybridized carbons (Fsp3) is 0.158. The van der Waals surface area contributed by atoms with Crippen molar-refractivity contribution in [3.05, 3.63) is 76.1 Å². The molecule has 0 aromatic heterocycles. The molecule has 0 saturated heterocycles. The number of allylic oxidation sites excluding steroid dienone is 1. The number of carbonyl (C=O) groups excluding carboxylic acids is 1. The zero-order valence-corrected chi connectivity index (χ0v) is 13.4. The van der Waals surface area contributed by atoms with E-state index >= 15 is 0 Å². The molecule has 5 nitrogen and oxygen atoms in total. The summed E-state index contributed by atoms with van der Waals surface area (Å²) in [5.41, 5.74) is 14.4. The standard InChI is InChI=1S/C19H17FN4O/c20-16-8-7-12-5-6-14(18(25)24-19(22)23)9-15(12)17(16)13-3-1-11(10-21)2-4-13/h1-6,9,19H,7-8,22-23H2,(H,24,25). The average molecular weight is 336 g/mol. The smallest absolute Gasteiger partial charge is 0.253 e. The maximum atomic E-state index is 14.6. The van der Waals surface area contributed by atoms with Crippen LogP contribution >= 0.6 is 0 Å². The van der Waals surface area contributed by atoms with Crippen molar-refractivity contribution < 1.29 is 9.18 Å². The number of aryl methyl sites for hydroxylation is 1. The molecule has 0 unspecified atom stereocenters. The summed E-state index contributed by atoms with van der Waals surface area (Å²) in [5, 5.41) is 11.3. The second kappa shape index (κ2) is 6.85. The van der Waals surface area contributed by atoms with Gasteiger partial charge in [-0.05, 0) is 47.4 Å². The second-order valence-corrected chi connectivity index (χ2v) is 5.84. The summed E-state index contributed by atoms with van der Waals surface area (Å²) in [6.45, 7) is 0. The number of halogens is 1. The van der Waals surface area contributed by atoms with E-state index in [-0.39, 0.29) is 5.83 Å². The number of nitrogens with zero attached hydrogens (tertiary/aromatic N) is 1. The van der Waals surface area contributed by atoms with E-state index in [1.165, 1.54) is 0 Å². The minimum Gasteiger partial charge on any atom is -0.324 e. The second-order valence-electron chi connectivity index (χ2n) is 5.84. The Hall–Kier alpha value is -3.01. The number of hydrogen-bond donors (Lipinski definition) is 3. The van der Waals surface area contributed by atoms with Gasteiger partial charge in [0.2, 0.25) is 0 Å². The maximum Gasteiger partial charge on any atom is 0.253 e. The third-order valence-corrected chi connectivity index (χ3v) is 4.13. The normalized spacial score (nSPS) is 13.4. The molecule has 1 aliphatic rings. The van der Waals surface area contributed by atoms with Crippen molar-refractivity contribution in [2.24, 2.45) is 11.5 Å². The van der Waals surface area contributed by atoms with E-state index in [0.717, 1.165) is 5.56 Å². The third-order valence-electron chi connectivity index (χ3n) is 4.13. The van der Waals surface area contributed by atoms with Crippen molar-refractivity contribution >= 4 is 11.5 Å². The lowest BCUT2D eigenvalue weighted by atomic mass is 9.85. The van der Waals surface area contributed by atoms with Crippen LogP contribution in [0.4, 0.5) is 4.39 Å². The maximum absolute atomic E-state index is 14.6. The van der Waals surface area contributed by atoms with Gasteiger partial charge in [-0.1, -0.05) is 18.2 Å². The Kier molecular flexibility index (Phi) is 4.61. The Bertz CT molecular complexity index is 895. The number of amides is 1. The van der Waals surface area contributed by atoms with Crippen LogP contribution < -0.4 is 16.8 Å². The summed E-state index contributed by atoms with van der Waals surface area (Å²) < 4.78 is 14.6. The molecule has 0 radical (unpaired) electrons. The van der Waals surface area contributed by atoms with Gasteiger partial charge in [0.1, 0.15) is 12.1 Å². The molecule has 3 rings (SSSR count). The summed E-state index contributed by atoms with van der Waals surface area (Å²) in [5.74, 6) is -0.645. The molecule has 25 heavy (non-hydrogen) atoms. The van der Waals surface area contributed by atoms with Crippen LogP contribution in [-0.2, 0) is 6.42 Å². The van der Waals surface area contributed by atoms with Crippen molar-refractivity contribution in [3.63, 3.8) is 0 Å². The molecule has 1 aliphatic carbocycles. The average Bonchev–Trinajstić information content (AvgIpc) is 2.60. The molecule has 126 valence electrons. The minimum absolute atomic E-state index is 0.231. The number of rotatable bonds is 3. The number of carbonyl (C=O) groups is 1. The number of nitrogens with one attached hydrogen (secondary N) is 1. The van der Waals surface area contributed by atoms with Crippen LogP contribution in [0.1, 0.15) is 39.0 Å². The van der Waals surface area contributed by atoms with Gasteiger partial charge >= 0.3 is 0 Å². The lowest BCUT2D eigenvalue weighted by Crippen LogP contribution is -2.48. The third kappa shape index (κ3) is 3.43. The van der Waals surface area contributed by atoms with Crippen molar-refractivity contribution in [2.75, 3.05) is 0 Å². The van der Waals surface area contributed by atoms with Crippen molar-refractivity contribution in [1.29, 1.82) is 5.26 Å². The van der Waals surface area contributed by atoms with Crippen LogP contribution in [0.2, 0.25) is 0 Å². The molecule has 6 heteroatoms. The zero-order chi connectivity index (χ0) is 18.0. The first kappa shape index (κ1) is 16.8.